The van der Waals surface area contributed by atoms with Gasteiger partial charge in [-0.3, -0.25) is 5.43 Å². The van der Waals surface area contributed by atoms with Crippen LogP contribution in [0.2, 0.25) is 0 Å². The minimum Gasteiger partial charge on any atom is -0.409 e. The molecule has 1 aromatic rings. The van der Waals surface area contributed by atoms with E-state index in [0.717, 1.165) is 18.4 Å². The van der Waals surface area contributed by atoms with Crippen LogP contribution >= 0.6 is 0 Å². The third-order valence-electron chi connectivity index (χ3n) is 3.09. The van der Waals surface area contributed by atoms with Gasteiger partial charge in [0.05, 0.1) is 0 Å². The summed E-state index contributed by atoms with van der Waals surface area (Å²) < 4.78 is 5.12. The number of amides is 1. The predicted octanol–water partition coefficient (Wildman–Crippen LogP) is 3.55. The topological polar surface area (TPSA) is 64.3 Å². The highest BCUT2D eigenvalue weighted by atomic mass is 16.6. The Kier molecular flexibility index (Phi) is 7.66. The van der Waals surface area contributed by atoms with Crippen LogP contribution in [0.5, 0.6) is 5.75 Å². The van der Waals surface area contributed by atoms with Crippen molar-refractivity contribution in [3.05, 3.63) is 29.8 Å². The van der Waals surface area contributed by atoms with Crippen molar-refractivity contribution < 1.29 is 9.53 Å². The largest absolute Gasteiger partial charge is 0.426 e. The molecule has 0 fully saturated rings. The quantitative estimate of drug-likeness (QED) is 0.326. The number of unbranched alkanes of at least 4 members (excludes halogenated alkanes) is 5. The van der Waals surface area contributed by atoms with Gasteiger partial charge >= 0.3 is 6.09 Å². The van der Waals surface area contributed by atoms with Crippen molar-refractivity contribution >= 4 is 6.09 Å². The van der Waals surface area contributed by atoms with Crippen molar-refractivity contribution in [2.45, 2.75) is 51.9 Å². The second kappa shape index (κ2) is 9.39. The lowest BCUT2D eigenvalue weighted by Crippen LogP contribution is -2.33. The van der Waals surface area contributed by atoms with Crippen molar-refractivity contribution in [1.29, 1.82) is 0 Å². The molecule has 0 atom stereocenters. The van der Waals surface area contributed by atoms with Crippen LogP contribution in [0.15, 0.2) is 24.3 Å². The van der Waals surface area contributed by atoms with E-state index in [2.05, 4.69) is 6.92 Å². The van der Waals surface area contributed by atoms with Gasteiger partial charge < -0.3 is 4.74 Å². The summed E-state index contributed by atoms with van der Waals surface area (Å²) in [6, 6.07) is 7.59. The second-order valence-corrected chi connectivity index (χ2v) is 4.66. The zero-order valence-corrected chi connectivity index (χ0v) is 11.7. The zero-order valence-electron chi connectivity index (χ0n) is 11.7. The van der Waals surface area contributed by atoms with Crippen LogP contribution in [0.4, 0.5) is 4.79 Å². The number of aryl methyl sites for hydroxylation is 1. The number of hydrazine groups is 1. The molecule has 0 aliphatic heterocycles. The van der Waals surface area contributed by atoms with Gasteiger partial charge in [0.15, 0.2) is 0 Å². The normalized spacial score (nSPS) is 10.2. The zero-order chi connectivity index (χ0) is 13.9. The predicted molar refractivity (Wildman–Crippen MR) is 76.9 cm³/mol. The third-order valence-corrected chi connectivity index (χ3v) is 3.09. The van der Waals surface area contributed by atoms with Crippen LogP contribution in [0.25, 0.3) is 0 Å². The van der Waals surface area contributed by atoms with E-state index in [4.69, 9.17) is 10.6 Å². The van der Waals surface area contributed by atoms with E-state index in [1.54, 1.807) is 6.07 Å². The number of rotatable bonds is 8. The second-order valence-electron chi connectivity index (χ2n) is 4.66. The summed E-state index contributed by atoms with van der Waals surface area (Å²) in [5, 5.41) is 0. The molecular formula is C15H24N2O2. The van der Waals surface area contributed by atoms with Crippen LogP contribution < -0.4 is 16.0 Å². The molecule has 0 radical (unpaired) electrons. The van der Waals surface area contributed by atoms with Crippen molar-refractivity contribution in [2.24, 2.45) is 5.84 Å². The summed E-state index contributed by atoms with van der Waals surface area (Å²) in [6.45, 7) is 2.22. The van der Waals surface area contributed by atoms with Crippen LogP contribution in [-0.2, 0) is 6.42 Å². The molecule has 19 heavy (non-hydrogen) atoms. The smallest absolute Gasteiger partial charge is 0.409 e. The van der Waals surface area contributed by atoms with E-state index in [1.165, 1.54) is 32.1 Å². The number of para-hydroxylation sites is 1. The van der Waals surface area contributed by atoms with Gasteiger partial charge in [0.2, 0.25) is 0 Å². The lowest BCUT2D eigenvalue weighted by atomic mass is 10.0. The highest BCUT2D eigenvalue weighted by Gasteiger charge is 2.06. The molecule has 106 valence electrons. The van der Waals surface area contributed by atoms with E-state index in [9.17, 15) is 4.79 Å². The summed E-state index contributed by atoms with van der Waals surface area (Å²) in [4.78, 5) is 11.1. The summed E-state index contributed by atoms with van der Waals surface area (Å²) in [7, 11) is 0. The molecule has 1 rings (SSSR count). The lowest BCUT2D eigenvalue weighted by molar-refractivity contribution is 0.200. The first-order valence-corrected chi connectivity index (χ1v) is 7.04. The molecule has 0 aliphatic rings. The first kappa shape index (κ1) is 15.5. The highest BCUT2D eigenvalue weighted by Crippen LogP contribution is 2.20. The van der Waals surface area contributed by atoms with Gasteiger partial charge in [-0.2, -0.15) is 0 Å². The Hall–Kier alpha value is -1.55. The standard InChI is InChI=1S/C15H24N2O2/c1-2-3-4-5-6-7-10-13-11-8-9-12-14(13)19-15(18)17-16/h8-9,11-12H,2-7,10,16H2,1H3,(H,17,18). The number of hydrogen-bond donors (Lipinski definition) is 2. The van der Waals surface area contributed by atoms with E-state index >= 15 is 0 Å². The van der Waals surface area contributed by atoms with Crippen molar-refractivity contribution in [2.75, 3.05) is 0 Å². The molecule has 0 unspecified atom stereocenters. The molecule has 3 N–H and O–H groups in total. The number of carbonyl (C=O) groups is 1. The van der Waals surface area contributed by atoms with E-state index in [-0.39, 0.29) is 0 Å². The molecule has 1 aromatic carbocycles. The van der Waals surface area contributed by atoms with E-state index < -0.39 is 6.09 Å². The molecule has 0 heterocycles. The van der Waals surface area contributed by atoms with Gasteiger partial charge in [-0.25, -0.2) is 10.6 Å². The maximum Gasteiger partial charge on any atom is 0.426 e. The first-order valence-electron chi connectivity index (χ1n) is 7.04. The number of hydrogen-bond acceptors (Lipinski definition) is 3. The number of benzene rings is 1. The average molecular weight is 264 g/mol. The van der Waals surface area contributed by atoms with Crippen LogP contribution in [0, 0.1) is 0 Å². The first-order chi connectivity index (χ1) is 9.27. The van der Waals surface area contributed by atoms with Gasteiger partial charge in [-0.05, 0) is 24.5 Å². The fraction of sp³-hybridized carbons (Fsp3) is 0.533. The maximum absolute atomic E-state index is 11.1. The van der Waals surface area contributed by atoms with Gasteiger partial charge in [0.1, 0.15) is 5.75 Å². The summed E-state index contributed by atoms with van der Waals surface area (Å²) in [6.07, 6.45) is 7.81. The highest BCUT2D eigenvalue weighted by molar-refractivity contribution is 5.70. The molecule has 0 saturated carbocycles. The molecule has 0 saturated heterocycles. The molecule has 4 nitrogen and oxygen atoms in total. The van der Waals surface area contributed by atoms with Crippen molar-refractivity contribution in [3.8, 4) is 5.75 Å². The number of nitrogens with one attached hydrogen (secondary N) is 1. The van der Waals surface area contributed by atoms with Crippen LogP contribution in [0.3, 0.4) is 0 Å². The molecule has 1 amide bonds. The molecule has 0 bridgehead atoms. The number of carbonyl (C=O) groups excluding carboxylic acids is 1. The minimum absolute atomic E-state index is 0.596. The van der Waals surface area contributed by atoms with Crippen molar-refractivity contribution in [3.63, 3.8) is 0 Å². The van der Waals surface area contributed by atoms with Crippen LogP contribution in [-0.4, -0.2) is 6.09 Å². The van der Waals surface area contributed by atoms with E-state index in [0.29, 0.717) is 5.75 Å². The molecule has 0 spiro atoms. The Morgan fingerprint density at radius 2 is 1.84 bits per heavy atom. The SMILES string of the molecule is CCCCCCCCc1ccccc1OC(=O)NN. The Labute approximate surface area is 115 Å². The Morgan fingerprint density at radius 3 is 2.58 bits per heavy atom. The average Bonchev–Trinajstić information content (AvgIpc) is 2.44. The van der Waals surface area contributed by atoms with Crippen LogP contribution in [0.1, 0.15) is 51.0 Å². The third kappa shape index (κ3) is 6.25. The fourth-order valence-corrected chi connectivity index (χ4v) is 2.04. The number of ether oxygens (including phenoxy) is 1. The summed E-state index contributed by atoms with van der Waals surface area (Å²) in [5.74, 6) is 5.61. The molecular weight excluding hydrogens is 240 g/mol. The number of nitrogens with two attached hydrogens (primary N) is 1. The van der Waals surface area contributed by atoms with E-state index in [1.807, 2.05) is 23.6 Å². The Morgan fingerprint density at radius 1 is 1.16 bits per heavy atom. The van der Waals surface area contributed by atoms with Crippen molar-refractivity contribution in [1.82, 2.24) is 5.43 Å². The maximum atomic E-state index is 11.1. The van der Waals surface area contributed by atoms with Gasteiger partial charge in [-0.1, -0.05) is 57.2 Å². The summed E-state index contributed by atoms with van der Waals surface area (Å²) in [5.41, 5.74) is 3.03. The fourth-order valence-electron chi connectivity index (χ4n) is 2.04. The monoisotopic (exact) mass is 264 g/mol. The Bertz CT molecular complexity index is 380. The molecule has 0 aliphatic carbocycles. The molecule has 4 heteroatoms. The van der Waals surface area contributed by atoms with Gasteiger partial charge in [-0.15, -0.1) is 0 Å². The summed E-state index contributed by atoms with van der Waals surface area (Å²) >= 11 is 0. The minimum atomic E-state index is -0.629. The van der Waals surface area contributed by atoms with Gasteiger partial charge in [0, 0.05) is 0 Å². The Balaban J connectivity index is 2.38. The molecule has 0 aromatic heterocycles. The lowest BCUT2D eigenvalue weighted by Gasteiger charge is -2.09. The van der Waals surface area contributed by atoms with Gasteiger partial charge in [0.25, 0.3) is 0 Å².